The highest BCUT2D eigenvalue weighted by molar-refractivity contribution is 5.81. The summed E-state index contributed by atoms with van der Waals surface area (Å²) in [5, 5.41) is 2.91. The van der Waals surface area contributed by atoms with Crippen molar-refractivity contribution in [1.29, 1.82) is 0 Å². The summed E-state index contributed by atoms with van der Waals surface area (Å²) in [7, 11) is 0. The molecule has 3 N–H and O–H groups in total. The van der Waals surface area contributed by atoms with Gasteiger partial charge in [0.2, 0.25) is 5.91 Å². The van der Waals surface area contributed by atoms with Gasteiger partial charge in [-0.25, -0.2) is 0 Å². The first-order valence-corrected chi connectivity index (χ1v) is 7.30. The smallest absolute Gasteiger partial charge is 0.237 e. The van der Waals surface area contributed by atoms with Gasteiger partial charge in [-0.15, -0.1) is 0 Å². The molecule has 20 heavy (non-hydrogen) atoms. The largest absolute Gasteiger partial charge is 0.373 e. The lowest BCUT2D eigenvalue weighted by Crippen LogP contribution is -2.47. The fraction of sp³-hybridized carbons (Fsp3) is 0.562. The van der Waals surface area contributed by atoms with E-state index in [2.05, 4.69) is 17.4 Å². The molecule has 1 aromatic carbocycles. The van der Waals surface area contributed by atoms with E-state index in [4.69, 9.17) is 10.5 Å². The Balaban J connectivity index is 1.72. The molecule has 0 bridgehead atoms. The van der Waals surface area contributed by atoms with Gasteiger partial charge < -0.3 is 15.8 Å². The molecular weight excluding hydrogens is 252 g/mol. The predicted octanol–water partition coefficient (Wildman–Crippen LogP) is 1.63. The van der Waals surface area contributed by atoms with Gasteiger partial charge >= 0.3 is 0 Å². The molecule has 2 unspecified atom stereocenters. The van der Waals surface area contributed by atoms with E-state index < -0.39 is 6.04 Å². The summed E-state index contributed by atoms with van der Waals surface area (Å²) in [4.78, 5) is 12.0. The second-order valence-corrected chi connectivity index (χ2v) is 5.75. The maximum Gasteiger partial charge on any atom is 0.237 e. The Bertz CT molecular complexity index is 427. The number of carbonyl (C=O) groups excluding carboxylic acids is 1. The molecule has 2 atom stereocenters. The van der Waals surface area contributed by atoms with Crippen LogP contribution in [0, 0.1) is 0 Å². The highest BCUT2D eigenvalue weighted by Gasteiger charge is 2.30. The lowest BCUT2D eigenvalue weighted by Gasteiger charge is -2.24. The van der Waals surface area contributed by atoms with Crippen molar-refractivity contribution in [3.63, 3.8) is 0 Å². The van der Waals surface area contributed by atoms with Crippen molar-refractivity contribution >= 4 is 5.91 Å². The van der Waals surface area contributed by atoms with Crippen molar-refractivity contribution in [1.82, 2.24) is 5.32 Å². The van der Waals surface area contributed by atoms with Crippen LogP contribution >= 0.6 is 0 Å². The minimum Gasteiger partial charge on any atom is -0.373 e. The summed E-state index contributed by atoms with van der Waals surface area (Å²) in [5.41, 5.74) is 6.94. The molecule has 0 aliphatic carbocycles. The SMILES string of the molecule is CC1(CNC(=O)C(N)CCc2ccccc2)CCCO1. The summed E-state index contributed by atoms with van der Waals surface area (Å²) < 4.78 is 5.64. The van der Waals surface area contributed by atoms with Crippen LogP contribution in [0.15, 0.2) is 30.3 Å². The van der Waals surface area contributed by atoms with Gasteiger partial charge in [-0.1, -0.05) is 30.3 Å². The van der Waals surface area contributed by atoms with Crippen LogP contribution in [0.5, 0.6) is 0 Å². The molecule has 1 fully saturated rings. The molecule has 1 amide bonds. The second-order valence-electron chi connectivity index (χ2n) is 5.75. The standard InChI is InChI=1S/C16H24N2O2/c1-16(10-5-11-20-16)12-18-15(19)14(17)9-8-13-6-3-2-4-7-13/h2-4,6-7,14H,5,8-12,17H2,1H3,(H,18,19). The number of benzene rings is 1. The van der Waals surface area contributed by atoms with E-state index in [1.807, 2.05) is 25.1 Å². The Hall–Kier alpha value is -1.39. The summed E-state index contributed by atoms with van der Waals surface area (Å²) in [6.45, 7) is 3.37. The number of nitrogens with one attached hydrogen (secondary N) is 1. The molecule has 0 spiro atoms. The summed E-state index contributed by atoms with van der Waals surface area (Å²) in [6, 6.07) is 9.63. The van der Waals surface area contributed by atoms with Crippen LogP contribution in [0.4, 0.5) is 0 Å². The molecule has 4 nitrogen and oxygen atoms in total. The Kier molecular flexibility index (Phi) is 5.15. The van der Waals surface area contributed by atoms with Crippen LogP contribution in [-0.4, -0.2) is 30.7 Å². The number of nitrogens with two attached hydrogens (primary N) is 1. The van der Waals surface area contributed by atoms with Crippen LogP contribution < -0.4 is 11.1 Å². The van der Waals surface area contributed by atoms with Crippen LogP contribution in [0.1, 0.15) is 31.7 Å². The fourth-order valence-electron chi connectivity index (χ4n) is 2.48. The Morgan fingerprint density at radius 3 is 2.85 bits per heavy atom. The van der Waals surface area contributed by atoms with Gasteiger partial charge in [-0.3, -0.25) is 4.79 Å². The Morgan fingerprint density at radius 2 is 2.20 bits per heavy atom. The van der Waals surface area contributed by atoms with E-state index in [-0.39, 0.29) is 11.5 Å². The first-order chi connectivity index (χ1) is 9.59. The Morgan fingerprint density at radius 1 is 1.45 bits per heavy atom. The van der Waals surface area contributed by atoms with Gasteiger partial charge in [-0.05, 0) is 38.2 Å². The molecule has 1 aliphatic heterocycles. The van der Waals surface area contributed by atoms with Crippen molar-refractivity contribution in [2.24, 2.45) is 5.73 Å². The predicted molar refractivity (Wildman–Crippen MR) is 79.3 cm³/mol. The quantitative estimate of drug-likeness (QED) is 0.830. The number of carbonyl (C=O) groups is 1. The first-order valence-electron chi connectivity index (χ1n) is 7.30. The van der Waals surface area contributed by atoms with Gasteiger partial charge in [0.1, 0.15) is 0 Å². The number of ether oxygens (including phenoxy) is 1. The molecule has 0 saturated carbocycles. The fourth-order valence-corrected chi connectivity index (χ4v) is 2.48. The van der Waals surface area contributed by atoms with Gasteiger partial charge in [0.15, 0.2) is 0 Å². The van der Waals surface area contributed by atoms with Crippen molar-refractivity contribution in [3.8, 4) is 0 Å². The van der Waals surface area contributed by atoms with Gasteiger partial charge in [-0.2, -0.15) is 0 Å². The molecule has 1 aromatic rings. The summed E-state index contributed by atoms with van der Waals surface area (Å²) >= 11 is 0. The maximum absolute atomic E-state index is 12.0. The number of aryl methyl sites for hydroxylation is 1. The molecule has 1 heterocycles. The Labute approximate surface area is 120 Å². The maximum atomic E-state index is 12.0. The van der Waals surface area contributed by atoms with Crippen LogP contribution in [0.2, 0.25) is 0 Å². The van der Waals surface area contributed by atoms with Crippen molar-refractivity contribution in [2.45, 2.75) is 44.2 Å². The molecule has 0 radical (unpaired) electrons. The highest BCUT2D eigenvalue weighted by atomic mass is 16.5. The zero-order valence-electron chi connectivity index (χ0n) is 12.1. The van der Waals surface area contributed by atoms with Crippen molar-refractivity contribution in [3.05, 3.63) is 35.9 Å². The van der Waals surface area contributed by atoms with E-state index >= 15 is 0 Å². The number of rotatable bonds is 6. The minimum atomic E-state index is -0.458. The van der Waals surface area contributed by atoms with E-state index in [0.717, 1.165) is 25.9 Å². The molecule has 1 saturated heterocycles. The summed E-state index contributed by atoms with van der Waals surface area (Å²) in [6.07, 6.45) is 3.54. The van der Waals surface area contributed by atoms with E-state index in [1.54, 1.807) is 0 Å². The van der Waals surface area contributed by atoms with Crippen LogP contribution in [-0.2, 0) is 16.0 Å². The van der Waals surface area contributed by atoms with Crippen LogP contribution in [0.3, 0.4) is 0 Å². The summed E-state index contributed by atoms with van der Waals surface area (Å²) in [5.74, 6) is -0.0855. The van der Waals surface area contributed by atoms with Crippen LogP contribution in [0.25, 0.3) is 0 Å². The third kappa shape index (κ3) is 4.32. The topological polar surface area (TPSA) is 64.4 Å². The minimum absolute atomic E-state index is 0.0855. The van der Waals surface area contributed by atoms with Gasteiger partial charge in [0.25, 0.3) is 0 Å². The molecule has 0 aromatic heterocycles. The number of hydrogen-bond acceptors (Lipinski definition) is 3. The molecule has 1 aliphatic rings. The third-order valence-corrected chi connectivity index (χ3v) is 3.86. The zero-order valence-corrected chi connectivity index (χ0v) is 12.1. The first kappa shape index (κ1) is 15.0. The van der Waals surface area contributed by atoms with Crippen molar-refractivity contribution in [2.75, 3.05) is 13.2 Å². The molecule has 2 rings (SSSR count). The number of hydrogen-bond donors (Lipinski definition) is 2. The lowest BCUT2D eigenvalue weighted by atomic mass is 10.0. The van der Waals surface area contributed by atoms with E-state index in [1.165, 1.54) is 5.56 Å². The monoisotopic (exact) mass is 276 g/mol. The average molecular weight is 276 g/mol. The normalized spacial score (nSPS) is 23.5. The van der Waals surface area contributed by atoms with E-state index in [9.17, 15) is 4.79 Å². The highest BCUT2D eigenvalue weighted by Crippen LogP contribution is 2.23. The lowest BCUT2D eigenvalue weighted by molar-refractivity contribution is -0.123. The van der Waals surface area contributed by atoms with Gasteiger partial charge in [0.05, 0.1) is 11.6 Å². The number of amides is 1. The average Bonchev–Trinajstić information content (AvgIpc) is 2.90. The van der Waals surface area contributed by atoms with Gasteiger partial charge in [0, 0.05) is 13.2 Å². The molecule has 4 heteroatoms. The van der Waals surface area contributed by atoms with E-state index in [0.29, 0.717) is 13.0 Å². The molecular formula is C16H24N2O2. The zero-order chi connectivity index (χ0) is 14.4. The third-order valence-electron chi connectivity index (χ3n) is 3.86. The van der Waals surface area contributed by atoms with Crippen molar-refractivity contribution < 1.29 is 9.53 Å². The molecule has 110 valence electrons. The second kappa shape index (κ2) is 6.86.